The van der Waals surface area contributed by atoms with Gasteiger partial charge in [-0.15, -0.1) is 11.3 Å². The monoisotopic (exact) mass is 224 g/mol. The molecule has 0 aliphatic rings. The third-order valence-corrected chi connectivity index (χ3v) is 3.03. The van der Waals surface area contributed by atoms with Crippen molar-refractivity contribution >= 4 is 15.7 Å². The molecule has 6 heteroatoms. The fraction of sp³-hybridized carbons (Fsp3) is 0.111. The number of sulfonamides is 1. The third kappa shape index (κ3) is 2.87. The fourth-order valence-electron chi connectivity index (χ4n) is 0.906. The smallest absolute Gasteiger partial charge is 0.207 e. The summed E-state index contributed by atoms with van der Waals surface area (Å²) in [7, 11) is -3.58. The van der Waals surface area contributed by atoms with E-state index < -0.39 is 10.0 Å². The molecule has 0 bridgehead atoms. The first-order valence-corrected chi connectivity index (χ1v) is 5.45. The van der Waals surface area contributed by atoms with Crippen molar-refractivity contribution in [1.29, 1.82) is 0 Å². The lowest BCUT2D eigenvalue weighted by atomic mass is 10.3. The van der Waals surface area contributed by atoms with Gasteiger partial charge in [0.25, 0.3) is 0 Å². The third-order valence-electron chi connectivity index (χ3n) is 1.62. The second-order valence-corrected chi connectivity index (χ2v) is 4.38. The summed E-state index contributed by atoms with van der Waals surface area (Å²) in [5.41, 5.74) is 0.172. The van der Waals surface area contributed by atoms with Crippen molar-refractivity contribution in [3.63, 3.8) is 0 Å². The van der Waals surface area contributed by atoms with Crippen LogP contribution in [0.3, 0.4) is 0 Å². The average Bonchev–Trinajstić information content (AvgIpc) is 2.26. The van der Waals surface area contributed by atoms with Gasteiger partial charge in [-0.2, -0.15) is 4.72 Å². The zero-order valence-corrected chi connectivity index (χ0v) is 8.49. The molecule has 0 spiro atoms. The number of hydrogen-bond donors (Lipinski definition) is 1. The number of nitrogens with zero attached hydrogens (tertiary/aromatic N) is 1. The lowest BCUT2D eigenvalue weighted by Gasteiger charge is -2.02. The van der Waals surface area contributed by atoms with Crippen LogP contribution < -0.4 is 4.72 Å². The van der Waals surface area contributed by atoms with Crippen molar-refractivity contribution in [2.75, 3.05) is 6.54 Å². The number of hydrogen-bond acceptors (Lipinski definition) is 4. The van der Waals surface area contributed by atoms with Crippen LogP contribution in [0.4, 0.5) is 5.69 Å². The van der Waals surface area contributed by atoms with Gasteiger partial charge in [0.1, 0.15) is 5.69 Å². The summed E-state index contributed by atoms with van der Waals surface area (Å²) in [5, 5.41) is 2.66. The molecule has 1 aromatic rings. The van der Waals surface area contributed by atoms with E-state index in [1.54, 1.807) is 0 Å². The lowest BCUT2D eigenvalue weighted by Crippen LogP contribution is -2.23. The van der Waals surface area contributed by atoms with Crippen LogP contribution in [0.5, 0.6) is 0 Å². The Morgan fingerprint density at radius 3 is 2.40 bits per heavy atom. The summed E-state index contributed by atoms with van der Waals surface area (Å²) in [6, 6.07) is 5.21. The van der Waals surface area contributed by atoms with Gasteiger partial charge in [0, 0.05) is 0 Å². The van der Waals surface area contributed by atoms with E-state index >= 15 is 0 Å². The highest BCUT2D eigenvalue weighted by Crippen LogP contribution is 2.15. The maximum Gasteiger partial charge on any atom is 0.241 e. The van der Waals surface area contributed by atoms with E-state index in [1.807, 2.05) is 0 Å². The van der Waals surface area contributed by atoms with Crippen molar-refractivity contribution in [1.82, 2.24) is 4.72 Å². The number of rotatable bonds is 4. The number of nitroso groups, excluding NO2 is 1. The molecule has 0 atom stereocenters. The van der Waals surface area contributed by atoms with Crippen LogP contribution >= 0.6 is 0 Å². The van der Waals surface area contributed by atoms with E-state index in [1.165, 1.54) is 24.3 Å². The summed E-state index contributed by atoms with van der Waals surface area (Å²) in [6.45, 7) is -0.0734. The van der Waals surface area contributed by atoms with Crippen molar-refractivity contribution in [2.45, 2.75) is 4.90 Å². The highest BCUT2D eigenvalue weighted by atomic mass is 32.2. The molecule has 5 nitrogen and oxygen atoms in total. The Bertz CT molecular complexity index is 485. The van der Waals surface area contributed by atoms with E-state index in [-0.39, 0.29) is 17.1 Å². The minimum Gasteiger partial charge on any atom is -0.207 e. The summed E-state index contributed by atoms with van der Waals surface area (Å²) < 4.78 is 25.1. The topological polar surface area (TPSA) is 75.6 Å². The normalized spacial score (nSPS) is 10.6. The molecule has 15 heavy (non-hydrogen) atoms. The first kappa shape index (κ1) is 11.4. The maximum atomic E-state index is 11.5. The molecule has 0 saturated heterocycles. The summed E-state index contributed by atoms with van der Waals surface area (Å²) in [4.78, 5) is 10.1. The molecule has 0 heterocycles. The van der Waals surface area contributed by atoms with E-state index in [0.717, 1.165) is 0 Å². The molecular formula is C9H8N2O3S. The van der Waals surface area contributed by atoms with Gasteiger partial charge in [-0.05, 0) is 29.4 Å². The molecule has 0 aliphatic heterocycles. The first-order valence-electron chi connectivity index (χ1n) is 3.96. The van der Waals surface area contributed by atoms with Crippen LogP contribution in [0, 0.1) is 17.3 Å². The molecule has 78 valence electrons. The Hall–Kier alpha value is -1.71. The molecule has 1 N–H and O–H groups in total. The van der Waals surface area contributed by atoms with Gasteiger partial charge in [0.15, 0.2) is 0 Å². The Morgan fingerprint density at radius 2 is 1.93 bits per heavy atom. The molecule has 0 aliphatic carbocycles. The van der Waals surface area contributed by atoms with Crippen LogP contribution in [0.2, 0.25) is 0 Å². The predicted molar refractivity (Wildman–Crippen MR) is 55.9 cm³/mol. The second-order valence-electron chi connectivity index (χ2n) is 2.61. The van der Waals surface area contributed by atoms with E-state index in [4.69, 9.17) is 6.42 Å². The van der Waals surface area contributed by atoms with Gasteiger partial charge in [0.05, 0.1) is 11.4 Å². The first-order chi connectivity index (χ1) is 7.10. The van der Waals surface area contributed by atoms with Crippen LogP contribution in [-0.4, -0.2) is 15.0 Å². The summed E-state index contributed by atoms with van der Waals surface area (Å²) >= 11 is 0. The molecule has 0 aromatic heterocycles. The number of benzene rings is 1. The summed E-state index contributed by atoms with van der Waals surface area (Å²) in [5.74, 6) is 2.16. The molecule has 0 fully saturated rings. The highest BCUT2D eigenvalue weighted by molar-refractivity contribution is 7.89. The highest BCUT2D eigenvalue weighted by Gasteiger charge is 2.12. The molecular weight excluding hydrogens is 216 g/mol. The molecule has 1 rings (SSSR count). The van der Waals surface area contributed by atoms with Gasteiger partial charge in [-0.3, -0.25) is 0 Å². The van der Waals surface area contributed by atoms with Gasteiger partial charge in [-0.1, -0.05) is 5.92 Å². The average molecular weight is 224 g/mol. The minimum absolute atomic E-state index is 0.0464. The van der Waals surface area contributed by atoms with Crippen LogP contribution in [0.25, 0.3) is 0 Å². The molecule has 0 amide bonds. The van der Waals surface area contributed by atoms with Gasteiger partial charge in [-0.25, -0.2) is 8.42 Å². The van der Waals surface area contributed by atoms with Gasteiger partial charge < -0.3 is 0 Å². The molecule has 0 saturated carbocycles. The molecule has 0 radical (unpaired) electrons. The zero-order valence-electron chi connectivity index (χ0n) is 7.67. The molecule has 0 unspecified atom stereocenters. The van der Waals surface area contributed by atoms with Crippen LogP contribution in [0.15, 0.2) is 34.3 Å². The largest absolute Gasteiger partial charge is 0.241 e. The van der Waals surface area contributed by atoms with Gasteiger partial charge >= 0.3 is 0 Å². The quantitative estimate of drug-likeness (QED) is 0.612. The van der Waals surface area contributed by atoms with Gasteiger partial charge in [0.2, 0.25) is 10.0 Å². The van der Waals surface area contributed by atoms with Crippen molar-refractivity contribution in [3.8, 4) is 12.3 Å². The predicted octanol–water partition coefficient (Wildman–Crippen LogP) is 0.996. The number of nitrogens with one attached hydrogen (secondary N) is 1. The van der Waals surface area contributed by atoms with Crippen molar-refractivity contribution in [2.24, 2.45) is 5.18 Å². The van der Waals surface area contributed by atoms with Crippen LogP contribution in [0.1, 0.15) is 0 Å². The Balaban J connectivity index is 2.96. The Morgan fingerprint density at radius 1 is 1.33 bits per heavy atom. The van der Waals surface area contributed by atoms with E-state index in [0.29, 0.717) is 0 Å². The maximum absolute atomic E-state index is 11.5. The molecule has 1 aromatic carbocycles. The van der Waals surface area contributed by atoms with Crippen molar-refractivity contribution in [3.05, 3.63) is 29.2 Å². The van der Waals surface area contributed by atoms with Crippen molar-refractivity contribution < 1.29 is 8.42 Å². The Labute approximate surface area is 87.5 Å². The number of terminal acetylenes is 1. The van der Waals surface area contributed by atoms with E-state index in [2.05, 4.69) is 15.8 Å². The second kappa shape index (κ2) is 4.68. The fourth-order valence-corrected chi connectivity index (χ4v) is 1.84. The minimum atomic E-state index is -3.58. The standard InChI is InChI=1S/C9H8N2O3S/c1-2-7-10-15(13,14)9-5-3-8(11-12)4-6-9/h1,3-6,10H,7H2. The Kier molecular flexibility index (Phi) is 3.55. The SMILES string of the molecule is C#CCNS(=O)(=O)c1ccc(N=O)cc1. The summed E-state index contributed by atoms with van der Waals surface area (Å²) in [6.07, 6.45) is 4.93. The lowest BCUT2D eigenvalue weighted by molar-refractivity contribution is 0.586. The van der Waals surface area contributed by atoms with E-state index in [9.17, 15) is 13.3 Å². The zero-order chi connectivity index (χ0) is 11.3. The van der Waals surface area contributed by atoms with Crippen LogP contribution in [-0.2, 0) is 10.0 Å².